The maximum absolute atomic E-state index is 14.3. The molecule has 1 aromatic rings. The van der Waals surface area contributed by atoms with Crippen LogP contribution in [0.4, 0.5) is 4.39 Å². The molecule has 1 saturated carbocycles. The fourth-order valence-electron chi connectivity index (χ4n) is 3.24. The van der Waals surface area contributed by atoms with Crippen LogP contribution in [0.5, 0.6) is 5.75 Å². The van der Waals surface area contributed by atoms with Gasteiger partial charge in [0.05, 0.1) is 18.7 Å². The van der Waals surface area contributed by atoms with Crippen LogP contribution in [0.3, 0.4) is 0 Å². The van der Waals surface area contributed by atoms with Gasteiger partial charge in [0, 0.05) is 5.92 Å². The second-order valence-corrected chi connectivity index (χ2v) is 6.03. The molecule has 0 radical (unpaired) electrons. The molecule has 0 aromatic heterocycles. The Bertz CT molecular complexity index is 536. The Kier molecular flexibility index (Phi) is 3.19. The first-order valence-corrected chi connectivity index (χ1v) is 7.07. The smallest absolute Gasteiger partial charge is 0.220 e. The van der Waals surface area contributed by atoms with Crippen molar-refractivity contribution < 1.29 is 13.9 Å². The molecule has 2 aliphatic rings. The Morgan fingerprint density at radius 3 is 2.75 bits per heavy atom. The third-order valence-corrected chi connectivity index (χ3v) is 4.30. The maximum Gasteiger partial charge on any atom is 0.220 e. The molecule has 1 heterocycles. The number of aliphatic imine (C=N–C) groups is 1. The van der Waals surface area contributed by atoms with Crippen LogP contribution in [-0.2, 0) is 4.74 Å². The predicted octanol–water partition coefficient (Wildman–Crippen LogP) is 3.37. The number of alkyl halides is 1. The van der Waals surface area contributed by atoms with Crippen LogP contribution in [0, 0.1) is 5.92 Å². The molecule has 1 fully saturated rings. The highest BCUT2D eigenvalue weighted by Crippen LogP contribution is 2.43. The van der Waals surface area contributed by atoms with Crippen LogP contribution in [0.2, 0.25) is 0 Å². The van der Waals surface area contributed by atoms with Crippen LogP contribution in [-0.4, -0.2) is 30.8 Å². The average Bonchev–Trinajstić information content (AvgIpc) is 2.96. The number of hydrogen-bond acceptors (Lipinski definition) is 3. The van der Waals surface area contributed by atoms with Gasteiger partial charge in [-0.1, -0.05) is 12.1 Å². The van der Waals surface area contributed by atoms with Gasteiger partial charge < -0.3 is 9.47 Å². The number of fused-ring (bicyclic) bond motifs is 1. The van der Waals surface area contributed by atoms with Gasteiger partial charge in [-0.05, 0) is 38.8 Å². The van der Waals surface area contributed by atoms with E-state index in [2.05, 4.69) is 4.99 Å². The molecule has 1 aromatic carbocycles. The molecule has 0 amide bonds. The van der Waals surface area contributed by atoms with Crippen LogP contribution in [0.1, 0.15) is 32.3 Å². The monoisotopic (exact) mass is 277 g/mol. The highest BCUT2D eigenvalue weighted by atomic mass is 19.1. The molecule has 0 bridgehead atoms. The van der Waals surface area contributed by atoms with Gasteiger partial charge in [-0.15, -0.1) is 0 Å². The number of hydrogen-bond donors (Lipinski definition) is 0. The van der Waals surface area contributed by atoms with Crippen molar-refractivity contribution in [3.63, 3.8) is 0 Å². The lowest BCUT2D eigenvalue weighted by Gasteiger charge is -2.27. The van der Waals surface area contributed by atoms with Gasteiger partial charge in [0.25, 0.3) is 0 Å². The average molecular weight is 277 g/mol. The zero-order valence-corrected chi connectivity index (χ0v) is 12.1. The quantitative estimate of drug-likeness (QED) is 0.848. The Hall–Kier alpha value is -1.58. The minimum atomic E-state index is -1.23. The summed E-state index contributed by atoms with van der Waals surface area (Å²) < 4.78 is 25.6. The summed E-state index contributed by atoms with van der Waals surface area (Å²) in [6, 6.07) is 7.72. The number of benzene rings is 1. The van der Waals surface area contributed by atoms with Gasteiger partial charge in [0.2, 0.25) is 5.90 Å². The van der Waals surface area contributed by atoms with Crippen molar-refractivity contribution in [2.24, 2.45) is 10.9 Å². The van der Waals surface area contributed by atoms with Crippen LogP contribution in [0.15, 0.2) is 29.3 Å². The number of rotatable bonds is 3. The second-order valence-electron chi connectivity index (χ2n) is 6.03. The second kappa shape index (κ2) is 4.76. The topological polar surface area (TPSA) is 30.8 Å². The summed E-state index contributed by atoms with van der Waals surface area (Å²) in [6.07, 6.45) is 1.58. The van der Waals surface area contributed by atoms with E-state index in [9.17, 15) is 4.39 Å². The van der Waals surface area contributed by atoms with Gasteiger partial charge in [-0.25, -0.2) is 9.38 Å². The van der Waals surface area contributed by atoms with Gasteiger partial charge in [-0.2, -0.15) is 0 Å². The largest absolute Gasteiger partial charge is 0.496 e. The molecular weight excluding hydrogens is 257 g/mol. The zero-order chi connectivity index (χ0) is 14.3. The van der Waals surface area contributed by atoms with Gasteiger partial charge in [0.15, 0.2) is 0 Å². The van der Waals surface area contributed by atoms with Crippen molar-refractivity contribution in [1.29, 1.82) is 0 Å². The predicted molar refractivity (Wildman–Crippen MR) is 76.1 cm³/mol. The van der Waals surface area contributed by atoms with E-state index in [1.165, 1.54) is 0 Å². The number of para-hydroxylation sites is 1. The summed E-state index contributed by atoms with van der Waals surface area (Å²) in [5.41, 5.74) is -0.384. The highest BCUT2D eigenvalue weighted by Gasteiger charge is 2.49. The van der Waals surface area contributed by atoms with Gasteiger partial charge >= 0.3 is 0 Å². The molecule has 3 rings (SSSR count). The lowest BCUT2D eigenvalue weighted by atomic mass is 9.89. The van der Waals surface area contributed by atoms with E-state index in [1.54, 1.807) is 21.0 Å². The van der Waals surface area contributed by atoms with E-state index >= 15 is 0 Å². The maximum atomic E-state index is 14.3. The van der Waals surface area contributed by atoms with E-state index in [0.29, 0.717) is 5.90 Å². The van der Waals surface area contributed by atoms with Crippen molar-refractivity contribution in [3.05, 3.63) is 29.8 Å². The SMILES string of the molecule is COc1ccccc1C1=NC2CCC(C(C)(C)F)C2O1. The molecule has 0 saturated heterocycles. The molecule has 4 heteroatoms. The number of methoxy groups -OCH3 is 1. The molecule has 0 N–H and O–H groups in total. The fraction of sp³-hybridized carbons (Fsp3) is 0.562. The van der Waals surface area contributed by atoms with E-state index in [4.69, 9.17) is 9.47 Å². The Labute approximate surface area is 118 Å². The molecule has 0 spiro atoms. The standard InChI is InChI=1S/C16H20FNO2/c1-16(2,17)11-8-9-12-14(11)20-15(18-12)10-6-4-5-7-13(10)19-3/h4-7,11-12,14H,8-9H2,1-3H3. The third-order valence-electron chi connectivity index (χ3n) is 4.30. The van der Waals surface area contributed by atoms with E-state index in [0.717, 1.165) is 24.2 Å². The normalized spacial score (nSPS) is 28.8. The molecule has 108 valence electrons. The van der Waals surface area contributed by atoms with Crippen molar-refractivity contribution >= 4 is 5.90 Å². The lowest BCUT2D eigenvalue weighted by Crippen LogP contribution is -2.36. The van der Waals surface area contributed by atoms with Crippen molar-refractivity contribution in [1.82, 2.24) is 0 Å². The van der Waals surface area contributed by atoms with Gasteiger partial charge in [0.1, 0.15) is 17.5 Å². The Morgan fingerprint density at radius 2 is 2.05 bits per heavy atom. The van der Waals surface area contributed by atoms with Crippen LogP contribution >= 0.6 is 0 Å². The first-order valence-electron chi connectivity index (χ1n) is 7.07. The van der Waals surface area contributed by atoms with Crippen LogP contribution in [0.25, 0.3) is 0 Å². The third kappa shape index (κ3) is 2.17. The fourth-order valence-corrected chi connectivity index (χ4v) is 3.24. The lowest BCUT2D eigenvalue weighted by molar-refractivity contribution is 0.0435. The van der Waals surface area contributed by atoms with Crippen molar-refractivity contribution in [2.45, 2.75) is 44.5 Å². The highest BCUT2D eigenvalue weighted by molar-refractivity contribution is 5.98. The number of ether oxygens (including phenoxy) is 2. The van der Waals surface area contributed by atoms with Crippen molar-refractivity contribution in [3.8, 4) is 5.75 Å². The molecule has 3 atom stereocenters. The minimum Gasteiger partial charge on any atom is -0.496 e. The Morgan fingerprint density at radius 1 is 1.30 bits per heavy atom. The Balaban J connectivity index is 1.86. The van der Waals surface area contributed by atoms with Crippen LogP contribution < -0.4 is 4.74 Å². The molecular formula is C16H20FNO2. The molecule has 3 unspecified atom stereocenters. The van der Waals surface area contributed by atoms with E-state index < -0.39 is 5.67 Å². The summed E-state index contributed by atoms with van der Waals surface area (Å²) in [7, 11) is 1.63. The number of halogens is 1. The molecule has 3 nitrogen and oxygen atoms in total. The first kappa shape index (κ1) is 13.4. The first-order chi connectivity index (χ1) is 9.50. The summed E-state index contributed by atoms with van der Waals surface area (Å²) >= 11 is 0. The van der Waals surface area contributed by atoms with Crippen molar-refractivity contribution in [2.75, 3.05) is 7.11 Å². The summed E-state index contributed by atoms with van der Waals surface area (Å²) in [6.45, 7) is 3.26. The summed E-state index contributed by atoms with van der Waals surface area (Å²) in [5, 5.41) is 0. The minimum absolute atomic E-state index is 0.0786. The molecule has 1 aliphatic heterocycles. The molecule has 20 heavy (non-hydrogen) atoms. The zero-order valence-electron chi connectivity index (χ0n) is 12.1. The molecule has 1 aliphatic carbocycles. The van der Waals surface area contributed by atoms with E-state index in [-0.39, 0.29) is 18.1 Å². The number of nitrogens with zero attached hydrogens (tertiary/aromatic N) is 1. The summed E-state index contributed by atoms with van der Waals surface area (Å²) in [4.78, 5) is 4.64. The van der Waals surface area contributed by atoms with Gasteiger partial charge in [-0.3, -0.25) is 0 Å². The summed E-state index contributed by atoms with van der Waals surface area (Å²) in [5.74, 6) is 1.23. The van der Waals surface area contributed by atoms with E-state index in [1.807, 2.05) is 24.3 Å².